The van der Waals surface area contributed by atoms with Crippen molar-refractivity contribution in [2.24, 2.45) is 0 Å². The maximum Gasteiger partial charge on any atom is 0.525 e. The number of hydrogen-bond donors (Lipinski definition) is 1. The molecule has 2 heterocycles. The van der Waals surface area contributed by atoms with Gasteiger partial charge in [0.25, 0.3) is 0 Å². The minimum Gasteiger partial charge on any atom is -0.493 e. The van der Waals surface area contributed by atoms with Crippen molar-refractivity contribution in [2.75, 3.05) is 14.2 Å². The summed E-state index contributed by atoms with van der Waals surface area (Å²) < 4.78 is 39.3. The van der Waals surface area contributed by atoms with E-state index in [4.69, 9.17) is 23.9 Å². The Balaban J connectivity index is 2.07. The van der Waals surface area contributed by atoms with Gasteiger partial charge in [0, 0.05) is 5.57 Å². The molecule has 3 rings (SSSR count). The number of rotatable bonds is 7. The van der Waals surface area contributed by atoms with Crippen molar-refractivity contribution in [3.05, 3.63) is 41.4 Å². The number of nitrogens with zero attached hydrogens (tertiary/aromatic N) is 3. The van der Waals surface area contributed by atoms with Gasteiger partial charge in [0.2, 0.25) is 0 Å². The predicted octanol–water partition coefficient (Wildman–Crippen LogP) is 3.01. The maximum atomic E-state index is 15.8. The first-order valence-corrected chi connectivity index (χ1v) is 9.59. The molecule has 1 fully saturated rings. The number of aromatic carboxylic acids is 1. The Morgan fingerprint density at radius 2 is 1.77 bits per heavy atom. The van der Waals surface area contributed by atoms with Gasteiger partial charge in [0.1, 0.15) is 5.73 Å². The van der Waals surface area contributed by atoms with Crippen LogP contribution in [0.25, 0.3) is 5.57 Å². The Morgan fingerprint density at radius 1 is 1.16 bits per heavy atom. The van der Waals surface area contributed by atoms with Gasteiger partial charge in [-0.25, -0.2) is 13.9 Å². The second-order valence-electron chi connectivity index (χ2n) is 8.09. The molecule has 166 valence electrons. The van der Waals surface area contributed by atoms with E-state index >= 15 is 4.39 Å². The van der Waals surface area contributed by atoms with E-state index in [2.05, 4.69) is 10.3 Å². The highest BCUT2D eigenvalue weighted by Crippen LogP contribution is 2.41. The van der Waals surface area contributed by atoms with Gasteiger partial charge in [0.05, 0.1) is 38.2 Å². The summed E-state index contributed by atoms with van der Waals surface area (Å²) in [4.78, 5) is 11.1. The average molecular weight is 433 g/mol. The Kier molecular flexibility index (Phi) is 6.10. The van der Waals surface area contributed by atoms with Crippen LogP contribution in [0.1, 0.15) is 43.7 Å². The lowest BCUT2D eigenvalue weighted by Gasteiger charge is -2.32. The Morgan fingerprint density at radius 3 is 2.29 bits per heavy atom. The molecule has 0 aliphatic carbocycles. The van der Waals surface area contributed by atoms with E-state index in [0.717, 1.165) is 0 Å². The van der Waals surface area contributed by atoms with E-state index in [1.807, 2.05) is 27.7 Å². The van der Waals surface area contributed by atoms with E-state index in [1.165, 1.54) is 25.1 Å². The molecular weight excluding hydrogens is 408 g/mol. The molecule has 1 aromatic carbocycles. The van der Waals surface area contributed by atoms with Gasteiger partial charge in [-0.3, -0.25) is 0 Å². The monoisotopic (exact) mass is 433 g/mol. The fraction of sp³-hybridized carbons (Fsp3) is 0.450. The van der Waals surface area contributed by atoms with Crippen molar-refractivity contribution < 1.29 is 33.1 Å². The first-order chi connectivity index (χ1) is 14.5. The molecule has 1 aliphatic heterocycles. The smallest absolute Gasteiger partial charge is 0.493 e. The molecule has 0 saturated carbocycles. The standard InChI is InChI=1S/C20H25BFN3O6/c1-19(2)20(3,4)31-21(30-19)17(22)13(10-25-11-14(18(26)27)23-24-25)12-7-8-15(28-5)16(9-12)29-6/h7-9,11H,10H2,1-6H3,(H,26,27). The molecule has 1 aromatic heterocycles. The number of methoxy groups -OCH3 is 2. The summed E-state index contributed by atoms with van der Waals surface area (Å²) in [7, 11) is 1.74. The average Bonchev–Trinajstić information content (AvgIpc) is 3.27. The number of allylic oxidation sites excluding steroid dienone is 1. The molecule has 31 heavy (non-hydrogen) atoms. The van der Waals surface area contributed by atoms with E-state index in [0.29, 0.717) is 17.1 Å². The van der Waals surface area contributed by atoms with Gasteiger partial charge < -0.3 is 23.9 Å². The Hall–Kier alpha value is -2.92. The third kappa shape index (κ3) is 4.42. The quantitative estimate of drug-likeness (QED) is 0.665. The third-order valence-electron chi connectivity index (χ3n) is 5.56. The summed E-state index contributed by atoms with van der Waals surface area (Å²) in [6, 6.07) is 4.93. The number of hydrogen-bond acceptors (Lipinski definition) is 7. The fourth-order valence-corrected chi connectivity index (χ4v) is 3.05. The van der Waals surface area contributed by atoms with Gasteiger partial charge in [0.15, 0.2) is 17.2 Å². The zero-order chi connectivity index (χ0) is 23.0. The molecule has 0 amide bonds. The summed E-state index contributed by atoms with van der Waals surface area (Å²) >= 11 is 0. The molecule has 1 aliphatic rings. The molecule has 0 bridgehead atoms. The van der Waals surface area contributed by atoms with Crippen LogP contribution in [0.4, 0.5) is 4.39 Å². The van der Waals surface area contributed by atoms with E-state index < -0.39 is 30.0 Å². The van der Waals surface area contributed by atoms with Crippen molar-refractivity contribution in [3.8, 4) is 11.5 Å². The van der Waals surface area contributed by atoms with Crippen molar-refractivity contribution in [2.45, 2.75) is 45.4 Å². The molecule has 11 heteroatoms. The highest BCUT2D eigenvalue weighted by atomic mass is 19.1. The molecule has 2 aromatic rings. The van der Waals surface area contributed by atoms with E-state index in [-0.39, 0.29) is 17.8 Å². The number of aromatic nitrogens is 3. The van der Waals surface area contributed by atoms with Crippen LogP contribution >= 0.6 is 0 Å². The summed E-state index contributed by atoms with van der Waals surface area (Å²) in [6.45, 7) is 7.20. The molecule has 0 atom stereocenters. The summed E-state index contributed by atoms with van der Waals surface area (Å²) in [6.07, 6.45) is 1.22. The summed E-state index contributed by atoms with van der Waals surface area (Å²) in [5.74, 6) is -0.339. The molecule has 0 unspecified atom stereocenters. The first-order valence-electron chi connectivity index (χ1n) is 9.59. The van der Waals surface area contributed by atoms with Crippen LogP contribution in [0.3, 0.4) is 0 Å². The second-order valence-corrected chi connectivity index (χ2v) is 8.09. The lowest BCUT2D eigenvalue weighted by Crippen LogP contribution is -2.41. The van der Waals surface area contributed by atoms with Crippen LogP contribution in [-0.2, 0) is 15.9 Å². The molecule has 0 radical (unpaired) electrons. The van der Waals surface area contributed by atoms with Crippen LogP contribution in [0.2, 0.25) is 0 Å². The number of ether oxygens (including phenoxy) is 2. The zero-order valence-corrected chi connectivity index (χ0v) is 18.3. The van der Waals surface area contributed by atoms with Gasteiger partial charge in [-0.2, -0.15) is 0 Å². The van der Waals surface area contributed by atoms with Gasteiger partial charge in [-0.05, 0) is 45.4 Å². The fourth-order valence-electron chi connectivity index (χ4n) is 3.05. The number of carbonyl (C=O) groups is 1. The van der Waals surface area contributed by atoms with Gasteiger partial charge >= 0.3 is 13.1 Å². The largest absolute Gasteiger partial charge is 0.525 e. The topological polar surface area (TPSA) is 105 Å². The van der Waals surface area contributed by atoms with E-state index in [1.54, 1.807) is 18.2 Å². The number of halogens is 1. The van der Waals surface area contributed by atoms with Crippen LogP contribution in [0.15, 0.2) is 30.1 Å². The number of carboxylic acids is 1. The van der Waals surface area contributed by atoms with Gasteiger partial charge in [-0.15, -0.1) is 5.10 Å². The van der Waals surface area contributed by atoms with Crippen LogP contribution in [0.5, 0.6) is 11.5 Å². The highest BCUT2D eigenvalue weighted by Gasteiger charge is 2.53. The lowest BCUT2D eigenvalue weighted by molar-refractivity contribution is 0.00578. The Bertz CT molecular complexity index is 1000. The van der Waals surface area contributed by atoms with Crippen molar-refractivity contribution in [3.63, 3.8) is 0 Å². The zero-order valence-electron chi connectivity index (χ0n) is 18.3. The van der Waals surface area contributed by atoms with E-state index in [9.17, 15) is 4.79 Å². The molecule has 1 N–H and O–H groups in total. The number of carboxylic acid groups (broad SMARTS) is 1. The highest BCUT2D eigenvalue weighted by molar-refractivity contribution is 6.55. The van der Waals surface area contributed by atoms with Gasteiger partial charge in [-0.1, -0.05) is 11.3 Å². The van der Waals surface area contributed by atoms with Crippen LogP contribution < -0.4 is 9.47 Å². The summed E-state index contributed by atoms with van der Waals surface area (Å²) in [5.41, 5.74) is -1.72. The van der Waals surface area contributed by atoms with Crippen molar-refractivity contribution >= 4 is 18.7 Å². The minimum absolute atomic E-state index is 0.105. The molecular formula is C20H25BFN3O6. The lowest BCUT2D eigenvalue weighted by atomic mass is 9.82. The first kappa shape index (κ1) is 22.8. The SMILES string of the molecule is COc1ccc(C(Cn2cc(C(=O)O)nn2)=C(F)B2OC(C)(C)C(C)(C)O2)cc1OC. The summed E-state index contributed by atoms with van der Waals surface area (Å²) in [5, 5.41) is 16.5. The maximum absolute atomic E-state index is 15.8. The van der Waals surface area contributed by atoms with Crippen molar-refractivity contribution in [1.82, 2.24) is 15.0 Å². The predicted molar refractivity (Wildman–Crippen MR) is 111 cm³/mol. The van der Waals surface area contributed by atoms with Crippen molar-refractivity contribution in [1.29, 1.82) is 0 Å². The number of benzene rings is 1. The molecule has 1 saturated heterocycles. The Labute approximate surface area is 179 Å². The molecule has 0 spiro atoms. The minimum atomic E-state index is -1.24. The van der Waals surface area contributed by atoms with Crippen LogP contribution in [-0.4, -0.2) is 58.6 Å². The third-order valence-corrected chi connectivity index (χ3v) is 5.56. The normalized spacial score (nSPS) is 18.0. The second kappa shape index (κ2) is 8.31. The van der Waals surface area contributed by atoms with Crippen LogP contribution in [0, 0.1) is 0 Å². The molecule has 9 nitrogen and oxygen atoms in total.